The van der Waals surface area contributed by atoms with Crippen molar-refractivity contribution in [2.45, 2.75) is 44.7 Å². The molecule has 0 aromatic rings. The van der Waals surface area contributed by atoms with Crippen molar-refractivity contribution in [2.24, 2.45) is 5.92 Å². The number of hydrogen-bond donors (Lipinski definition) is 2. The molecule has 1 unspecified atom stereocenters. The Balaban J connectivity index is 1.82. The third kappa shape index (κ3) is 1.72. The van der Waals surface area contributed by atoms with E-state index in [-0.39, 0.29) is 11.6 Å². The normalized spacial score (nSPS) is 32.9. The van der Waals surface area contributed by atoms with Crippen LogP contribution in [0.5, 0.6) is 0 Å². The molecule has 0 aromatic carbocycles. The molecule has 1 saturated carbocycles. The molecule has 1 aliphatic carbocycles. The van der Waals surface area contributed by atoms with Crippen molar-refractivity contribution in [2.75, 3.05) is 19.6 Å². The van der Waals surface area contributed by atoms with Crippen LogP contribution >= 0.6 is 0 Å². The Labute approximate surface area is 108 Å². The van der Waals surface area contributed by atoms with Gasteiger partial charge in [0.1, 0.15) is 11.4 Å². The van der Waals surface area contributed by atoms with Crippen LogP contribution in [0, 0.1) is 11.3 Å². The van der Waals surface area contributed by atoms with Crippen molar-refractivity contribution in [1.29, 1.82) is 5.41 Å². The van der Waals surface area contributed by atoms with Crippen LogP contribution in [0.4, 0.5) is 4.79 Å². The van der Waals surface area contributed by atoms with E-state index in [1.165, 1.54) is 12.8 Å². The van der Waals surface area contributed by atoms with Crippen molar-refractivity contribution < 1.29 is 4.79 Å². The van der Waals surface area contributed by atoms with Crippen LogP contribution in [0.25, 0.3) is 0 Å². The van der Waals surface area contributed by atoms with Crippen molar-refractivity contribution in [3.05, 3.63) is 0 Å². The van der Waals surface area contributed by atoms with Crippen LogP contribution < -0.4 is 5.32 Å². The highest BCUT2D eigenvalue weighted by Crippen LogP contribution is 2.38. The maximum absolute atomic E-state index is 12.0. The highest BCUT2D eigenvalue weighted by atomic mass is 16.2. The number of amidine groups is 1. The van der Waals surface area contributed by atoms with Crippen LogP contribution in [-0.2, 0) is 0 Å². The summed E-state index contributed by atoms with van der Waals surface area (Å²) in [6.07, 6.45) is 3.48. The van der Waals surface area contributed by atoms with E-state index in [9.17, 15) is 4.79 Å². The number of urea groups is 1. The minimum atomic E-state index is -0.357. The molecular formula is C13H22N4O. The summed E-state index contributed by atoms with van der Waals surface area (Å²) in [7, 11) is 0. The second-order valence-corrected chi connectivity index (χ2v) is 6.29. The van der Waals surface area contributed by atoms with Crippen molar-refractivity contribution >= 4 is 11.9 Å². The average molecular weight is 250 g/mol. The van der Waals surface area contributed by atoms with Gasteiger partial charge in [-0.05, 0) is 25.2 Å². The fraction of sp³-hybridized carbons (Fsp3) is 0.846. The van der Waals surface area contributed by atoms with Crippen LogP contribution in [0.3, 0.4) is 0 Å². The zero-order valence-electron chi connectivity index (χ0n) is 11.2. The Morgan fingerprint density at radius 2 is 2.22 bits per heavy atom. The summed E-state index contributed by atoms with van der Waals surface area (Å²) in [5.41, 5.74) is -0.357. The van der Waals surface area contributed by atoms with E-state index in [0.29, 0.717) is 17.8 Å². The lowest BCUT2D eigenvalue weighted by Crippen LogP contribution is -2.52. The predicted octanol–water partition coefficient (Wildman–Crippen LogP) is 1.25. The molecule has 18 heavy (non-hydrogen) atoms. The fourth-order valence-electron chi connectivity index (χ4n) is 3.24. The van der Waals surface area contributed by atoms with Crippen LogP contribution in [0.1, 0.15) is 33.1 Å². The van der Waals surface area contributed by atoms with Gasteiger partial charge in [-0.3, -0.25) is 15.6 Å². The molecule has 3 aliphatic rings. The monoisotopic (exact) mass is 250 g/mol. The Hall–Kier alpha value is -1.10. The lowest BCUT2D eigenvalue weighted by Gasteiger charge is -2.34. The Bertz CT molecular complexity index is 390. The number of nitrogens with zero attached hydrogens (tertiary/aromatic N) is 2. The highest BCUT2D eigenvalue weighted by molar-refractivity contribution is 6.08. The summed E-state index contributed by atoms with van der Waals surface area (Å²) in [6.45, 7) is 6.86. The van der Waals surface area contributed by atoms with Gasteiger partial charge in [0, 0.05) is 25.7 Å². The third-order valence-corrected chi connectivity index (χ3v) is 4.35. The summed E-state index contributed by atoms with van der Waals surface area (Å²) < 4.78 is 0. The maximum Gasteiger partial charge on any atom is 0.323 e. The molecule has 5 heteroatoms. The largest absolute Gasteiger partial charge is 0.323 e. The van der Waals surface area contributed by atoms with Gasteiger partial charge in [-0.1, -0.05) is 13.8 Å². The fourth-order valence-corrected chi connectivity index (χ4v) is 3.24. The molecule has 2 saturated heterocycles. The summed E-state index contributed by atoms with van der Waals surface area (Å²) in [5, 5.41) is 10.9. The first-order valence-electron chi connectivity index (χ1n) is 6.94. The van der Waals surface area contributed by atoms with E-state index in [0.717, 1.165) is 26.1 Å². The van der Waals surface area contributed by atoms with Gasteiger partial charge in [0.25, 0.3) is 0 Å². The standard InChI is InChI=1S/C13H22N4O/c1-9(2)7-17-12(18)15-11(14)13(17)5-6-16(8-13)10-3-4-10/h9-10H,3-8H2,1-2H3,(H2,14,15,18). The minimum absolute atomic E-state index is 0.0775. The Morgan fingerprint density at radius 3 is 2.83 bits per heavy atom. The van der Waals surface area contributed by atoms with Crippen molar-refractivity contribution in [3.8, 4) is 0 Å². The molecule has 2 aliphatic heterocycles. The SMILES string of the molecule is CC(C)CN1C(=O)NC(=N)C12CCN(C1CC1)C2. The van der Waals surface area contributed by atoms with Gasteiger partial charge in [-0.25, -0.2) is 4.79 Å². The van der Waals surface area contributed by atoms with Crippen LogP contribution in [0.15, 0.2) is 0 Å². The lowest BCUT2D eigenvalue weighted by atomic mass is 9.95. The van der Waals surface area contributed by atoms with Gasteiger partial charge in [0.15, 0.2) is 0 Å². The molecule has 0 bridgehead atoms. The molecule has 2 amide bonds. The molecule has 5 nitrogen and oxygen atoms in total. The topological polar surface area (TPSA) is 59.4 Å². The maximum atomic E-state index is 12.0. The second-order valence-electron chi connectivity index (χ2n) is 6.29. The number of nitrogens with one attached hydrogen (secondary N) is 2. The molecule has 0 aromatic heterocycles. The van der Waals surface area contributed by atoms with E-state index in [1.807, 2.05) is 4.90 Å². The van der Waals surface area contributed by atoms with E-state index in [2.05, 4.69) is 24.1 Å². The Kier molecular flexibility index (Phi) is 2.62. The second kappa shape index (κ2) is 3.95. The molecule has 0 radical (unpaired) electrons. The van der Waals surface area contributed by atoms with E-state index >= 15 is 0 Å². The zero-order valence-corrected chi connectivity index (χ0v) is 11.2. The number of hydrogen-bond acceptors (Lipinski definition) is 3. The average Bonchev–Trinajstić information content (AvgIpc) is 3.01. The molecule has 100 valence electrons. The van der Waals surface area contributed by atoms with E-state index in [1.54, 1.807) is 0 Å². The molecule has 1 spiro atoms. The summed E-state index contributed by atoms with van der Waals surface area (Å²) in [5.74, 6) is 0.852. The molecule has 2 N–H and O–H groups in total. The van der Waals surface area contributed by atoms with Gasteiger partial charge in [0.05, 0.1) is 0 Å². The number of carbonyl (C=O) groups excluding carboxylic acids is 1. The summed E-state index contributed by atoms with van der Waals surface area (Å²) >= 11 is 0. The first kappa shape index (κ1) is 12.0. The predicted molar refractivity (Wildman–Crippen MR) is 69.7 cm³/mol. The van der Waals surface area contributed by atoms with Crippen molar-refractivity contribution in [3.63, 3.8) is 0 Å². The molecule has 2 heterocycles. The zero-order chi connectivity index (χ0) is 12.9. The molecule has 1 atom stereocenters. The minimum Gasteiger partial charge on any atom is -0.310 e. The van der Waals surface area contributed by atoms with Gasteiger partial charge < -0.3 is 4.90 Å². The number of rotatable bonds is 3. The quantitative estimate of drug-likeness (QED) is 0.792. The summed E-state index contributed by atoms with van der Waals surface area (Å²) in [4.78, 5) is 16.4. The Morgan fingerprint density at radius 1 is 1.50 bits per heavy atom. The molecule has 3 rings (SSSR count). The lowest BCUT2D eigenvalue weighted by molar-refractivity contribution is 0.161. The van der Waals surface area contributed by atoms with Gasteiger partial charge >= 0.3 is 6.03 Å². The third-order valence-electron chi connectivity index (χ3n) is 4.35. The highest BCUT2D eigenvalue weighted by Gasteiger charge is 2.55. The van der Waals surface area contributed by atoms with E-state index in [4.69, 9.17) is 5.41 Å². The first-order valence-corrected chi connectivity index (χ1v) is 6.94. The van der Waals surface area contributed by atoms with E-state index < -0.39 is 0 Å². The van der Waals surface area contributed by atoms with Crippen LogP contribution in [-0.4, -0.2) is 52.9 Å². The first-order chi connectivity index (χ1) is 8.53. The number of amides is 2. The van der Waals surface area contributed by atoms with Gasteiger partial charge in [-0.2, -0.15) is 0 Å². The smallest absolute Gasteiger partial charge is 0.310 e. The number of carbonyl (C=O) groups is 1. The number of likely N-dealkylation sites (tertiary alicyclic amines) is 1. The molecule has 3 fully saturated rings. The van der Waals surface area contributed by atoms with Gasteiger partial charge in [-0.15, -0.1) is 0 Å². The summed E-state index contributed by atoms with van der Waals surface area (Å²) in [6, 6.07) is 0.639. The van der Waals surface area contributed by atoms with Crippen LogP contribution in [0.2, 0.25) is 0 Å². The van der Waals surface area contributed by atoms with Gasteiger partial charge in [0.2, 0.25) is 0 Å². The molecular weight excluding hydrogens is 228 g/mol. The van der Waals surface area contributed by atoms with Crippen molar-refractivity contribution in [1.82, 2.24) is 15.1 Å².